The molecule has 1 aromatic heterocycles. The standard InChI is InChI=1S/C8H7Cl3N2O2/c9-8(10,11)7(13-5-14)15-6-2-1-3-12-4-6/h1-5,7H,(H,13,14). The third-order valence-corrected chi connectivity index (χ3v) is 2.00. The molecule has 0 radical (unpaired) electrons. The van der Waals surface area contributed by atoms with Crippen LogP contribution in [0.3, 0.4) is 0 Å². The van der Waals surface area contributed by atoms with Gasteiger partial charge < -0.3 is 10.1 Å². The average Bonchev–Trinajstić information content (AvgIpc) is 2.17. The lowest BCUT2D eigenvalue weighted by atomic mass is 10.4. The van der Waals surface area contributed by atoms with E-state index in [1.54, 1.807) is 18.3 Å². The Morgan fingerprint density at radius 1 is 1.53 bits per heavy atom. The number of aromatic nitrogens is 1. The van der Waals surface area contributed by atoms with Gasteiger partial charge in [-0.1, -0.05) is 34.8 Å². The number of ether oxygens (including phenoxy) is 1. The molecule has 0 fully saturated rings. The lowest BCUT2D eigenvalue weighted by Gasteiger charge is -2.24. The van der Waals surface area contributed by atoms with Gasteiger partial charge in [0, 0.05) is 6.20 Å². The number of halogens is 3. The van der Waals surface area contributed by atoms with Crippen LogP contribution in [0.15, 0.2) is 24.5 Å². The number of nitrogens with zero attached hydrogens (tertiary/aromatic N) is 1. The Hall–Kier alpha value is -0.710. The number of amides is 1. The van der Waals surface area contributed by atoms with Crippen LogP contribution in [0.4, 0.5) is 0 Å². The fraction of sp³-hybridized carbons (Fsp3) is 0.250. The number of rotatable bonds is 4. The minimum atomic E-state index is -1.75. The number of carbonyl (C=O) groups is 1. The van der Waals surface area contributed by atoms with E-state index in [1.165, 1.54) is 6.20 Å². The zero-order valence-electron chi connectivity index (χ0n) is 7.36. The number of hydrogen-bond acceptors (Lipinski definition) is 3. The van der Waals surface area contributed by atoms with Crippen molar-refractivity contribution in [2.45, 2.75) is 10.0 Å². The molecule has 0 aromatic carbocycles. The molecule has 1 atom stereocenters. The maximum absolute atomic E-state index is 10.3. The van der Waals surface area contributed by atoms with Gasteiger partial charge in [-0.25, -0.2) is 0 Å². The minimum Gasteiger partial charge on any atom is -0.464 e. The fourth-order valence-electron chi connectivity index (χ4n) is 0.810. The van der Waals surface area contributed by atoms with Crippen molar-refractivity contribution in [1.29, 1.82) is 0 Å². The molecule has 7 heteroatoms. The Morgan fingerprint density at radius 2 is 2.27 bits per heavy atom. The van der Waals surface area contributed by atoms with Gasteiger partial charge in [-0.05, 0) is 12.1 Å². The summed E-state index contributed by atoms with van der Waals surface area (Å²) in [5, 5.41) is 2.24. The molecule has 0 aliphatic heterocycles. The molecule has 1 aromatic rings. The first kappa shape index (κ1) is 12.4. The van der Waals surface area contributed by atoms with Crippen molar-refractivity contribution < 1.29 is 9.53 Å². The summed E-state index contributed by atoms with van der Waals surface area (Å²) in [5.74, 6) is 0.392. The lowest BCUT2D eigenvalue weighted by Crippen LogP contribution is -2.44. The van der Waals surface area contributed by atoms with E-state index >= 15 is 0 Å². The molecule has 1 heterocycles. The molecule has 0 saturated carbocycles. The van der Waals surface area contributed by atoms with Gasteiger partial charge in [0.1, 0.15) is 5.75 Å². The average molecular weight is 270 g/mol. The monoisotopic (exact) mass is 268 g/mol. The van der Waals surface area contributed by atoms with Gasteiger partial charge in [-0.15, -0.1) is 0 Å². The third kappa shape index (κ3) is 4.11. The largest absolute Gasteiger partial charge is 0.464 e. The minimum absolute atomic E-state index is 0.392. The molecule has 82 valence electrons. The van der Waals surface area contributed by atoms with Crippen molar-refractivity contribution in [3.05, 3.63) is 24.5 Å². The predicted molar refractivity (Wildman–Crippen MR) is 58.1 cm³/mol. The van der Waals surface area contributed by atoms with Gasteiger partial charge >= 0.3 is 0 Å². The van der Waals surface area contributed by atoms with Crippen LogP contribution in [0.1, 0.15) is 0 Å². The maximum atomic E-state index is 10.3. The highest BCUT2D eigenvalue weighted by Crippen LogP contribution is 2.31. The van der Waals surface area contributed by atoms with Crippen LogP contribution in [0.2, 0.25) is 0 Å². The molecular weight excluding hydrogens is 262 g/mol. The smallest absolute Gasteiger partial charge is 0.246 e. The van der Waals surface area contributed by atoms with E-state index in [0.29, 0.717) is 12.2 Å². The van der Waals surface area contributed by atoms with Crippen molar-refractivity contribution >= 4 is 41.2 Å². The van der Waals surface area contributed by atoms with Crippen molar-refractivity contribution in [1.82, 2.24) is 10.3 Å². The van der Waals surface area contributed by atoms with Gasteiger partial charge in [0.2, 0.25) is 16.4 Å². The van der Waals surface area contributed by atoms with Crippen LogP contribution >= 0.6 is 34.8 Å². The number of nitrogens with one attached hydrogen (secondary N) is 1. The van der Waals surface area contributed by atoms with Gasteiger partial charge in [-0.3, -0.25) is 9.78 Å². The molecule has 1 rings (SSSR count). The van der Waals surface area contributed by atoms with Crippen LogP contribution in [-0.4, -0.2) is 21.4 Å². The van der Waals surface area contributed by atoms with Gasteiger partial charge in [-0.2, -0.15) is 0 Å². The Bertz CT molecular complexity index is 315. The van der Waals surface area contributed by atoms with E-state index in [0.717, 1.165) is 0 Å². The number of carbonyl (C=O) groups excluding carboxylic acids is 1. The van der Waals surface area contributed by atoms with Crippen molar-refractivity contribution in [3.8, 4) is 5.75 Å². The van der Waals surface area contributed by atoms with Crippen molar-refractivity contribution in [2.75, 3.05) is 0 Å². The first-order valence-corrected chi connectivity index (χ1v) is 5.00. The molecule has 1 N–H and O–H groups in total. The van der Waals surface area contributed by atoms with E-state index in [1.807, 2.05) is 0 Å². The second kappa shape index (κ2) is 5.39. The van der Waals surface area contributed by atoms with E-state index in [-0.39, 0.29) is 0 Å². The SMILES string of the molecule is O=CNC(Oc1cccnc1)C(Cl)(Cl)Cl. The Morgan fingerprint density at radius 3 is 2.73 bits per heavy atom. The molecule has 0 spiro atoms. The van der Waals surface area contributed by atoms with Crippen molar-refractivity contribution in [3.63, 3.8) is 0 Å². The van der Waals surface area contributed by atoms with Crippen LogP contribution in [-0.2, 0) is 4.79 Å². The summed E-state index contributed by atoms with van der Waals surface area (Å²) in [7, 11) is 0. The summed E-state index contributed by atoms with van der Waals surface area (Å²) in [6, 6.07) is 3.29. The zero-order chi connectivity index (χ0) is 11.3. The molecule has 1 amide bonds. The van der Waals surface area contributed by atoms with Gasteiger partial charge in [0.25, 0.3) is 0 Å². The number of alkyl halides is 3. The van der Waals surface area contributed by atoms with Gasteiger partial charge in [0.15, 0.2) is 0 Å². The Labute approximate surface area is 101 Å². The topological polar surface area (TPSA) is 51.2 Å². The third-order valence-electron chi connectivity index (χ3n) is 1.41. The maximum Gasteiger partial charge on any atom is 0.246 e. The molecule has 0 saturated heterocycles. The highest BCUT2D eigenvalue weighted by molar-refractivity contribution is 6.68. The first-order chi connectivity index (χ1) is 7.04. The Balaban J connectivity index is 2.71. The summed E-state index contributed by atoms with van der Waals surface area (Å²) >= 11 is 16.8. The summed E-state index contributed by atoms with van der Waals surface area (Å²) in [5.41, 5.74) is 0. The molecule has 15 heavy (non-hydrogen) atoms. The highest BCUT2D eigenvalue weighted by Gasteiger charge is 2.34. The second-order valence-corrected chi connectivity index (χ2v) is 4.88. The lowest BCUT2D eigenvalue weighted by molar-refractivity contribution is -0.111. The van der Waals surface area contributed by atoms with Crippen molar-refractivity contribution in [2.24, 2.45) is 0 Å². The summed E-state index contributed by atoms with van der Waals surface area (Å²) < 4.78 is 3.47. The zero-order valence-corrected chi connectivity index (χ0v) is 9.63. The molecule has 0 bridgehead atoms. The van der Waals surface area contributed by atoms with Crippen LogP contribution in [0.25, 0.3) is 0 Å². The normalized spacial score (nSPS) is 13.0. The number of pyridine rings is 1. The van der Waals surface area contributed by atoms with Gasteiger partial charge in [0.05, 0.1) is 6.20 Å². The Kier molecular flexibility index (Phi) is 4.45. The summed E-state index contributed by atoms with van der Waals surface area (Å²) in [6.45, 7) is 0. The van der Waals surface area contributed by atoms with E-state index in [2.05, 4.69) is 10.3 Å². The summed E-state index contributed by atoms with van der Waals surface area (Å²) in [4.78, 5) is 14.1. The summed E-state index contributed by atoms with van der Waals surface area (Å²) in [6.07, 6.45) is 2.34. The van der Waals surface area contributed by atoms with Crippen LogP contribution in [0, 0.1) is 0 Å². The van der Waals surface area contributed by atoms with Crippen LogP contribution in [0.5, 0.6) is 5.75 Å². The second-order valence-electron chi connectivity index (χ2n) is 2.51. The molecule has 4 nitrogen and oxygen atoms in total. The fourth-order valence-corrected chi connectivity index (χ4v) is 1.13. The molecule has 0 aliphatic carbocycles. The first-order valence-electron chi connectivity index (χ1n) is 3.87. The molecule has 0 aliphatic rings. The molecular formula is C8H7Cl3N2O2. The predicted octanol–water partition coefficient (Wildman–Crippen LogP) is 1.90. The quantitative estimate of drug-likeness (QED) is 0.516. The van der Waals surface area contributed by atoms with E-state index < -0.39 is 10.0 Å². The molecule has 1 unspecified atom stereocenters. The highest BCUT2D eigenvalue weighted by atomic mass is 35.6. The van der Waals surface area contributed by atoms with E-state index in [9.17, 15) is 4.79 Å². The number of hydrogen-bond donors (Lipinski definition) is 1. The van der Waals surface area contributed by atoms with E-state index in [4.69, 9.17) is 39.5 Å². The van der Waals surface area contributed by atoms with Crippen LogP contribution < -0.4 is 10.1 Å².